The third-order valence-electron chi connectivity index (χ3n) is 4.88. The van der Waals surface area contributed by atoms with Crippen LogP contribution in [-0.4, -0.2) is 55.7 Å². The summed E-state index contributed by atoms with van der Waals surface area (Å²) in [6.07, 6.45) is 0.987. The molecule has 1 aromatic heterocycles. The fourth-order valence-electron chi connectivity index (χ4n) is 3.42. The molecule has 10 heteroatoms. The zero-order valence-corrected chi connectivity index (χ0v) is 17.8. The maximum absolute atomic E-state index is 12.0. The Morgan fingerprint density at radius 1 is 1.10 bits per heavy atom. The highest BCUT2D eigenvalue weighted by Crippen LogP contribution is 2.35. The lowest BCUT2D eigenvalue weighted by Crippen LogP contribution is -2.47. The van der Waals surface area contributed by atoms with Crippen molar-refractivity contribution in [2.45, 2.75) is 31.6 Å². The third kappa shape index (κ3) is 4.47. The molecule has 0 bridgehead atoms. The summed E-state index contributed by atoms with van der Waals surface area (Å²) in [5.41, 5.74) is 0.875. The smallest absolute Gasteiger partial charge is 0.311 e. The van der Waals surface area contributed by atoms with Crippen LogP contribution < -0.4 is 9.80 Å². The lowest BCUT2D eigenvalue weighted by Gasteiger charge is -2.36. The van der Waals surface area contributed by atoms with E-state index in [2.05, 4.69) is 14.9 Å². The molecule has 0 saturated carbocycles. The van der Waals surface area contributed by atoms with Gasteiger partial charge in [-0.1, -0.05) is 19.9 Å². The highest BCUT2D eigenvalue weighted by Gasteiger charge is 2.30. The lowest BCUT2D eigenvalue weighted by atomic mass is 10.2. The van der Waals surface area contributed by atoms with Crippen LogP contribution in [0.1, 0.15) is 31.3 Å². The summed E-state index contributed by atoms with van der Waals surface area (Å²) in [6, 6.07) is 6.38. The molecule has 1 aromatic carbocycles. The van der Waals surface area contributed by atoms with Gasteiger partial charge in [0.25, 0.3) is 0 Å². The van der Waals surface area contributed by atoms with Gasteiger partial charge in [0.2, 0.25) is 0 Å². The minimum atomic E-state index is -3.71. The number of piperazine rings is 1. The summed E-state index contributed by atoms with van der Waals surface area (Å²) in [7, 11) is -3.71. The molecule has 0 amide bonds. The molecule has 1 fully saturated rings. The number of sulfone groups is 1. The predicted molar refractivity (Wildman–Crippen MR) is 111 cm³/mol. The van der Waals surface area contributed by atoms with Gasteiger partial charge in [-0.2, -0.15) is 0 Å². The van der Waals surface area contributed by atoms with Gasteiger partial charge in [0, 0.05) is 50.1 Å². The molecule has 1 saturated heterocycles. The first kappa shape index (κ1) is 21.0. The van der Waals surface area contributed by atoms with Gasteiger partial charge in [-0.25, -0.2) is 18.4 Å². The van der Waals surface area contributed by atoms with E-state index >= 15 is 0 Å². The highest BCUT2D eigenvalue weighted by molar-refractivity contribution is 7.90. The van der Waals surface area contributed by atoms with E-state index in [-0.39, 0.29) is 16.5 Å². The summed E-state index contributed by atoms with van der Waals surface area (Å²) in [5.74, 6) is 1.86. The quantitative estimate of drug-likeness (QED) is 0.537. The first-order chi connectivity index (χ1) is 13.6. The molecule has 3 rings (SSSR count). The molecule has 29 heavy (non-hydrogen) atoms. The standard InChI is InChI=1S/C19H25N5O4S/c1-13(2)19-20-14(3)12-17(21-19)23-10-8-22(9-11-23)15-6-5-7-16(29(4,27)28)18(15)24(25)26/h5-7,12-13H,8-11H2,1-4H3. The number of hydrogen-bond acceptors (Lipinski definition) is 8. The average Bonchev–Trinajstić information content (AvgIpc) is 2.66. The van der Waals surface area contributed by atoms with Gasteiger partial charge in [0.1, 0.15) is 22.2 Å². The minimum Gasteiger partial charge on any atom is -0.362 e. The molecular formula is C19H25N5O4S. The largest absolute Gasteiger partial charge is 0.362 e. The Morgan fingerprint density at radius 3 is 2.28 bits per heavy atom. The monoisotopic (exact) mass is 419 g/mol. The van der Waals surface area contributed by atoms with Crippen LogP contribution in [0.15, 0.2) is 29.2 Å². The van der Waals surface area contributed by atoms with E-state index in [4.69, 9.17) is 0 Å². The second kappa shape index (κ2) is 7.94. The molecular weight excluding hydrogens is 394 g/mol. The second-order valence-corrected chi connectivity index (χ2v) is 9.49. The SMILES string of the molecule is Cc1cc(N2CCN(c3cccc(S(C)(=O)=O)c3[N+](=O)[O-])CC2)nc(C(C)C)n1. The fraction of sp³-hybridized carbons (Fsp3) is 0.474. The van der Waals surface area contributed by atoms with E-state index in [1.807, 2.05) is 31.7 Å². The van der Waals surface area contributed by atoms with Crippen LogP contribution in [0.25, 0.3) is 0 Å². The van der Waals surface area contributed by atoms with Crippen molar-refractivity contribution in [1.29, 1.82) is 0 Å². The Kier molecular flexibility index (Phi) is 5.74. The number of rotatable bonds is 5. The van der Waals surface area contributed by atoms with Crippen LogP contribution in [0.4, 0.5) is 17.2 Å². The zero-order valence-electron chi connectivity index (χ0n) is 17.0. The molecule has 0 radical (unpaired) electrons. The van der Waals surface area contributed by atoms with Gasteiger partial charge in [0.15, 0.2) is 9.84 Å². The molecule has 2 heterocycles. The van der Waals surface area contributed by atoms with Crippen molar-refractivity contribution >= 4 is 27.0 Å². The summed E-state index contributed by atoms with van der Waals surface area (Å²) in [5, 5.41) is 11.6. The molecule has 1 aliphatic heterocycles. The molecule has 0 N–H and O–H groups in total. The van der Waals surface area contributed by atoms with Crippen LogP contribution in [0.5, 0.6) is 0 Å². The normalized spacial score (nSPS) is 15.1. The van der Waals surface area contributed by atoms with Gasteiger partial charge >= 0.3 is 5.69 Å². The van der Waals surface area contributed by atoms with Crippen LogP contribution >= 0.6 is 0 Å². The number of aromatic nitrogens is 2. The molecule has 0 aliphatic carbocycles. The first-order valence-electron chi connectivity index (χ1n) is 9.41. The molecule has 0 unspecified atom stereocenters. The maximum atomic E-state index is 12.0. The summed E-state index contributed by atoms with van der Waals surface area (Å²) in [4.78, 5) is 23.9. The molecule has 9 nitrogen and oxygen atoms in total. The highest BCUT2D eigenvalue weighted by atomic mass is 32.2. The topological polar surface area (TPSA) is 110 Å². The third-order valence-corrected chi connectivity index (χ3v) is 6.01. The van der Waals surface area contributed by atoms with Crippen molar-refractivity contribution in [2.24, 2.45) is 0 Å². The average molecular weight is 420 g/mol. The van der Waals surface area contributed by atoms with Gasteiger partial charge in [-0.3, -0.25) is 10.1 Å². The number of benzene rings is 1. The summed E-state index contributed by atoms with van der Waals surface area (Å²) in [6.45, 7) is 8.31. The number of nitrogens with zero attached hydrogens (tertiary/aromatic N) is 5. The molecule has 1 aliphatic rings. The number of aryl methyl sites for hydroxylation is 1. The predicted octanol–water partition coefficient (Wildman–Crippen LogP) is 2.55. The van der Waals surface area contributed by atoms with E-state index in [1.165, 1.54) is 6.07 Å². The van der Waals surface area contributed by atoms with Crippen molar-refractivity contribution in [3.63, 3.8) is 0 Å². The molecule has 0 atom stereocenters. The van der Waals surface area contributed by atoms with Gasteiger partial charge < -0.3 is 9.80 Å². The van der Waals surface area contributed by atoms with Crippen molar-refractivity contribution in [3.05, 3.63) is 45.9 Å². The van der Waals surface area contributed by atoms with Crippen LogP contribution in [0, 0.1) is 17.0 Å². The molecule has 156 valence electrons. The number of nitro groups is 1. The van der Waals surface area contributed by atoms with E-state index in [1.54, 1.807) is 12.1 Å². The number of anilines is 2. The zero-order chi connectivity index (χ0) is 21.3. The fourth-order valence-corrected chi connectivity index (χ4v) is 4.28. The van der Waals surface area contributed by atoms with Crippen molar-refractivity contribution in [2.75, 3.05) is 42.2 Å². The van der Waals surface area contributed by atoms with Crippen LogP contribution in [0.3, 0.4) is 0 Å². The lowest BCUT2D eigenvalue weighted by molar-refractivity contribution is -0.387. The van der Waals surface area contributed by atoms with Crippen molar-refractivity contribution < 1.29 is 13.3 Å². The molecule has 2 aromatic rings. The van der Waals surface area contributed by atoms with E-state index in [0.717, 1.165) is 23.6 Å². The van der Waals surface area contributed by atoms with Crippen LogP contribution in [-0.2, 0) is 9.84 Å². The van der Waals surface area contributed by atoms with Gasteiger partial charge in [-0.05, 0) is 19.1 Å². The second-order valence-electron chi connectivity index (χ2n) is 7.51. The maximum Gasteiger partial charge on any atom is 0.311 e. The van der Waals surface area contributed by atoms with Crippen molar-refractivity contribution in [3.8, 4) is 0 Å². The Balaban J connectivity index is 1.86. The van der Waals surface area contributed by atoms with E-state index in [9.17, 15) is 18.5 Å². The Labute approximate surface area is 170 Å². The minimum absolute atomic E-state index is 0.219. The van der Waals surface area contributed by atoms with Crippen molar-refractivity contribution in [1.82, 2.24) is 9.97 Å². The number of para-hydroxylation sites is 1. The molecule has 0 spiro atoms. The summed E-state index contributed by atoms with van der Waals surface area (Å²) >= 11 is 0. The Hall–Kier alpha value is -2.75. The Bertz CT molecular complexity index is 1030. The first-order valence-corrected chi connectivity index (χ1v) is 11.3. The number of hydrogen-bond donors (Lipinski definition) is 0. The van der Waals surface area contributed by atoms with E-state index in [0.29, 0.717) is 31.9 Å². The van der Waals surface area contributed by atoms with Gasteiger partial charge in [0.05, 0.1) is 4.92 Å². The van der Waals surface area contributed by atoms with Crippen LogP contribution in [0.2, 0.25) is 0 Å². The van der Waals surface area contributed by atoms with Gasteiger partial charge in [-0.15, -0.1) is 0 Å². The number of nitro benzene ring substituents is 1. The van der Waals surface area contributed by atoms with E-state index < -0.39 is 14.8 Å². The summed E-state index contributed by atoms with van der Waals surface area (Å²) < 4.78 is 24.0. The Morgan fingerprint density at radius 2 is 1.72 bits per heavy atom.